The molecule has 0 atom stereocenters. The average molecular weight is 567 g/mol. The lowest BCUT2D eigenvalue weighted by molar-refractivity contribution is -0.305. The van der Waals surface area contributed by atoms with Gasteiger partial charge in [-0.05, 0) is 93.0 Å². The molecule has 6 heteroatoms. The van der Waals surface area contributed by atoms with Crippen molar-refractivity contribution in [2.75, 3.05) is 0 Å². The maximum atomic E-state index is 9.49. The minimum absolute atomic E-state index is 0.181. The van der Waals surface area contributed by atoms with Gasteiger partial charge >= 0.3 is 0 Å². The molecule has 0 aromatic heterocycles. The second-order valence-electron chi connectivity index (χ2n) is 12.4. The number of hydrogen-bond donors (Lipinski definition) is 0. The maximum absolute atomic E-state index is 9.49. The summed E-state index contributed by atoms with van der Waals surface area (Å²) < 4.78 is 19.5. The molecule has 0 radical (unpaired) electrons. The summed E-state index contributed by atoms with van der Waals surface area (Å²) in [6.07, 6.45) is 0.850. The largest absolute Gasteiger partial charge is 0.550 e. The lowest BCUT2D eigenvalue weighted by atomic mass is 10.1. The summed E-state index contributed by atoms with van der Waals surface area (Å²) in [6.45, 7) is 20.4. The highest BCUT2D eigenvalue weighted by atomic mass is 32.2. The van der Waals surface area contributed by atoms with E-state index in [9.17, 15) is 9.90 Å². The van der Waals surface area contributed by atoms with Gasteiger partial charge in [0.1, 0.15) is 33.4 Å². The Morgan fingerprint density at radius 2 is 1.05 bits per heavy atom. The van der Waals surface area contributed by atoms with Gasteiger partial charge in [0.25, 0.3) is 0 Å². The molecule has 0 heterocycles. The fourth-order valence-electron chi connectivity index (χ4n) is 3.67. The Balaban J connectivity index is 0.000000840. The molecule has 0 aliphatic heterocycles. The van der Waals surface area contributed by atoms with E-state index >= 15 is 0 Å². The van der Waals surface area contributed by atoms with Crippen molar-refractivity contribution >= 4 is 16.9 Å². The number of benzene rings is 3. The van der Waals surface area contributed by atoms with E-state index in [1.165, 1.54) is 9.79 Å². The van der Waals surface area contributed by atoms with Crippen LogP contribution in [0.15, 0.2) is 87.5 Å². The topological polar surface area (TPSA) is 67.8 Å². The second-order valence-corrected chi connectivity index (χ2v) is 14.4. The van der Waals surface area contributed by atoms with Crippen LogP contribution in [-0.4, -0.2) is 22.8 Å². The molecule has 0 bridgehead atoms. The molecule has 40 heavy (non-hydrogen) atoms. The summed E-state index contributed by atoms with van der Waals surface area (Å²) in [6, 6.07) is 25.2. The highest BCUT2D eigenvalue weighted by Gasteiger charge is 2.39. The van der Waals surface area contributed by atoms with Gasteiger partial charge in [0.15, 0.2) is 21.3 Å². The number of carbonyl (C=O) groups is 1. The first-order chi connectivity index (χ1) is 18.5. The van der Waals surface area contributed by atoms with Crippen molar-refractivity contribution in [1.29, 1.82) is 0 Å². The van der Waals surface area contributed by atoms with Crippen LogP contribution in [0, 0.1) is 0 Å². The molecule has 0 N–H and O–H groups in total. The molecular formula is C34H46O5S. The number of hydrogen-bond acceptors (Lipinski definition) is 5. The normalized spacial score (nSPS) is 11.9. The van der Waals surface area contributed by atoms with E-state index in [0.29, 0.717) is 6.42 Å². The van der Waals surface area contributed by atoms with E-state index < -0.39 is 28.1 Å². The Kier molecular flexibility index (Phi) is 11.6. The number of carboxylic acid groups (broad SMARTS) is 1. The van der Waals surface area contributed by atoms with Crippen molar-refractivity contribution in [1.82, 2.24) is 0 Å². The van der Waals surface area contributed by atoms with Crippen LogP contribution < -0.4 is 19.3 Å². The Morgan fingerprint density at radius 1 is 0.675 bits per heavy atom. The van der Waals surface area contributed by atoms with Gasteiger partial charge in [0.05, 0.1) is 0 Å². The lowest BCUT2D eigenvalue weighted by Crippen LogP contribution is -2.27. The molecule has 3 rings (SSSR count). The SMILES string of the molecule is CC(C)(C)Oc1cc(OC(C)(C)C)c([S+](c2ccccc2)c2ccccc2)c(OC(C)(C)C)c1.CCCC(=O)[O-]. The monoisotopic (exact) mass is 566 g/mol. The average Bonchev–Trinajstić information content (AvgIpc) is 2.79. The van der Waals surface area contributed by atoms with E-state index in [2.05, 4.69) is 102 Å². The third-order valence-corrected chi connectivity index (χ3v) is 7.16. The predicted octanol–water partition coefficient (Wildman–Crippen LogP) is 7.85. The fourth-order valence-corrected chi connectivity index (χ4v) is 5.87. The van der Waals surface area contributed by atoms with Gasteiger partial charge in [-0.25, -0.2) is 0 Å². The maximum Gasteiger partial charge on any atom is 0.250 e. The van der Waals surface area contributed by atoms with Gasteiger partial charge in [-0.3, -0.25) is 0 Å². The first kappa shape index (κ1) is 33.1. The van der Waals surface area contributed by atoms with Crippen molar-refractivity contribution < 1.29 is 24.1 Å². The van der Waals surface area contributed by atoms with Gasteiger partial charge in [0, 0.05) is 18.1 Å². The second kappa shape index (κ2) is 14.0. The van der Waals surface area contributed by atoms with Crippen LogP contribution in [0.5, 0.6) is 17.2 Å². The highest BCUT2D eigenvalue weighted by Crippen LogP contribution is 2.47. The van der Waals surface area contributed by atoms with E-state index in [-0.39, 0.29) is 12.0 Å². The van der Waals surface area contributed by atoms with E-state index in [1.807, 2.05) is 32.9 Å². The van der Waals surface area contributed by atoms with Gasteiger partial charge in [-0.1, -0.05) is 49.7 Å². The highest BCUT2D eigenvalue weighted by molar-refractivity contribution is 7.97. The molecule has 0 unspecified atom stereocenters. The van der Waals surface area contributed by atoms with Crippen LogP contribution in [0.3, 0.4) is 0 Å². The Labute approximate surface area is 244 Å². The van der Waals surface area contributed by atoms with Gasteiger partial charge < -0.3 is 24.1 Å². The Morgan fingerprint density at radius 3 is 1.32 bits per heavy atom. The minimum atomic E-state index is -0.961. The zero-order chi connectivity index (χ0) is 30.1. The number of carboxylic acids is 1. The van der Waals surface area contributed by atoms with Crippen LogP contribution in [0.25, 0.3) is 0 Å². The number of aliphatic carboxylic acids is 1. The van der Waals surface area contributed by atoms with Crippen molar-refractivity contribution in [2.24, 2.45) is 0 Å². The van der Waals surface area contributed by atoms with Crippen LogP contribution >= 0.6 is 0 Å². The van der Waals surface area contributed by atoms with Crippen molar-refractivity contribution in [3.8, 4) is 17.2 Å². The minimum Gasteiger partial charge on any atom is -0.550 e. The number of carbonyl (C=O) groups excluding carboxylic acids is 1. The van der Waals surface area contributed by atoms with Gasteiger partial charge in [-0.2, -0.15) is 0 Å². The smallest absolute Gasteiger partial charge is 0.250 e. The molecule has 0 saturated carbocycles. The lowest BCUT2D eigenvalue weighted by Gasteiger charge is -2.28. The van der Waals surface area contributed by atoms with Crippen LogP contribution in [0.1, 0.15) is 82.1 Å². The summed E-state index contributed by atoms with van der Waals surface area (Å²) in [5.74, 6) is 1.34. The first-order valence-corrected chi connectivity index (χ1v) is 15.0. The molecule has 0 aliphatic rings. The fraction of sp³-hybridized carbons (Fsp3) is 0.441. The summed E-state index contributed by atoms with van der Waals surface area (Å²) >= 11 is 0. The number of rotatable bonds is 8. The van der Waals surface area contributed by atoms with Crippen molar-refractivity contribution in [2.45, 2.75) is 114 Å². The molecule has 0 fully saturated rings. The summed E-state index contributed by atoms with van der Waals surface area (Å²) in [4.78, 5) is 12.9. The molecule has 0 amide bonds. The first-order valence-electron chi connectivity index (χ1n) is 13.8. The van der Waals surface area contributed by atoms with Gasteiger partial charge in [-0.15, -0.1) is 0 Å². The zero-order valence-electron chi connectivity index (χ0n) is 25.8. The van der Waals surface area contributed by atoms with Crippen LogP contribution in [-0.2, 0) is 15.7 Å². The third kappa shape index (κ3) is 11.5. The third-order valence-electron chi connectivity index (χ3n) is 4.87. The van der Waals surface area contributed by atoms with Crippen LogP contribution in [0.4, 0.5) is 0 Å². The Hall–Kier alpha value is -3.12. The quantitative estimate of drug-likeness (QED) is 0.260. The van der Waals surface area contributed by atoms with Crippen molar-refractivity contribution in [3.63, 3.8) is 0 Å². The summed E-state index contributed by atoms with van der Waals surface area (Å²) in [5, 5.41) is 9.49. The molecule has 3 aromatic carbocycles. The number of ether oxygens (including phenoxy) is 3. The van der Waals surface area contributed by atoms with Gasteiger partial charge in [0.2, 0.25) is 4.90 Å². The van der Waals surface area contributed by atoms with E-state index in [1.54, 1.807) is 6.92 Å². The van der Waals surface area contributed by atoms with Crippen molar-refractivity contribution in [3.05, 3.63) is 72.8 Å². The predicted molar refractivity (Wildman–Crippen MR) is 163 cm³/mol. The molecule has 0 spiro atoms. The zero-order valence-corrected chi connectivity index (χ0v) is 26.6. The summed E-state index contributed by atoms with van der Waals surface area (Å²) in [5.41, 5.74) is -1.13. The summed E-state index contributed by atoms with van der Waals surface area (Å²) in [7, 11) is -0.444. The molecule has 5 nitrogen and oxygen atoms in total. The molecule has 218 valence electrons. The van der Waals surface area contributed by atoms with E-state index in [0.717, 1.165) is 22.1 Å². The molecule has 0 aliphatic carbocycles. The van der Waals surface area contributed by atoms with Crippen LogP contribution in [0.2, 0.25) is 0 Å². The molecule has 0 saturated heterocycles. The van der Waals surface area contributed by atoms with E-state index in [4.69, 9.17) is 14.2 Å². The molecular weight excluding hydrogens is 520 g/mol. The molecule has 3 aromatic rings. The standard InChI is InChI=1S/C30H39O3S.C4H8O2/c1-28(2,3)31-22-20-25(32-29(4,5)6)27(26(21-22)33-30(7,8)9)34(23-16-12-10-13-17-23)24-18-14-11-15-19-24;1-2-3-4(5)6/h10-21H,1-9H3;2-3H2,1H3,(H,5,6)/q+1;/p-1. The Bertz CT molecular complexity index is 1130.